The third kappa shape index (κ3) is 4.07. The van der Waals surface area contributed by atoms with Gasteiger partial charge in [-0.3, -0.25) is 4.79 Å². The van der Waals surface area contributed by atoms with E-state index in [0.717, 1.165) is 67.7 Å². The molecule has 34 heavy (non-hydrogen) atoms. The first-order valence-corrected chi connectivity index (χ1v) is 12.6. The van der Waals surface area contributed by atoms with Crippen molar-refractivity contribution in [3.05, 3.63) is 72.3 Å². The molecule has 1 aromatic heterocycles. The van der Waals surface area contributed by atoms with Gasteiger partial charge in [0.15, 0.2) is 11.5 Å². The number of carbonyl (C=O) groups excluding carboxylic acids is 1. The molecule has 3 aromatic rings. The lowest BCUT2D eigenvalue weighted by Crippen LogP contribution is -2.51. The van der Waals surface area contributed by atoms with Crippen LogP contribution in [0.3, 0.4) is 0 Å². The number of rotatable bonds is 6. The smallest absolute Gasteiger partial charge is 0.233 e. The summed E-state index contributed by atoms with van der Waals surface area (Å²) in [5, 5.41) is 0. The number of piperazine rings is 1. The average Bonchev–Trinajstić information content (AvgIpc) is 3.58. The van der Waals surface area contributed by atoms with E-state index in [1.807, 2.05) is 29.2 Å². The molecule has 1 saturated carbocycles. The fourth-order valence-electron chi connectivity index (χ4n) is 4.72. The van der Waals surface area contributed by atoms with E-state index in [1.54, 1.807) is 24.2 Å². The lowest BCUT2D eigenvalue weighted by atomic mass is 9.93. The van der Waals surface area contributed by atoms with E-state index in [1.165, 1.54) is 10.6 Å². The molecule has 1 saturated heterocycles. The Morgan fingerprint density at radius 1 is 0.941 bits per heavy atom. The number of hydrogen-bond acceptors (Lipinski definition) is 7. The predicted octanol–water partition coefficient (Wildman–Crippen LogP) is 3.88. The van der Waals surface area contributed by atoms with Crippen LogP contribution in [0.15, 0.2) is 65.8 Å². The zero-order valence-corrected chi connectivity index (χ0v) is 19.7. The Hall–Kier alpha value is -3.26. The third-order valence-electron chi connectivity index (χ3n) is 6.84. The third-order valence-corrected chi connectivity index (χ3v) is 7.85. The molecular formula is C26H26N4O3S. The van der Waals surface area contributed by atoms with Crippen LogP contribution in [0.5, 0.6) is 11.5 Å². The molecular weight excluding hydrogens is 448 g/mol. The molecule has 2 aromatic carbocycles. The molecule has 8 heteroatoms. The predicted molar refractivity (Wildman–Crippen MR) is 130 cm³/mol. The molecule has 2 fully saturated rings. The molecule has 6 rings (SSSR count). The van der Waals surface area contributed by atoms with Gasteiger partial charge in [-0.1, -0.05) is 6.07 Å². The summed E-state index contributed by atoms with van der Waals surface area (Å²) in [7, 11) is 0. The van der Waals surface area contributed by atoms with Gasteiger partial charge in [0.1, 0.15) is 5.82 Å². The van der Waals surface area contributed by atoms with Crippen LogP contribution in [0.2, 0.25) is 0 Å². The Kier molecular flexibility index (Phi) is 5.53. The standard InChI is InChI=1S/C26H26N4O3S/c31-25(26(8-9-26)19-2-7-22-23(16-19)33-18-32-22)30-14-12-29(13-15-30)20-3-5-21(6-4-20)34-17-24-27-10-1-11-28-24/h1-7,10-11,16H,8-9,12-15,17-18H2. The van der Waals surface area contributed by atoms with E-state index >= 15 is 0 Å². The average molecular weight is 475 g/mol. The maximum Gasteiger partial charge on any atom is 0.233 e. The molecule has 2 aliphatic heterocycles. The Bertz CT molecular complexity index is 1180. The van der Waals surface area contributed by atoms with Crippen LogP contribution in [0.1, 0.15) is 24.2 Å². The van der Waals surface area contributed by atoms with Gasteiger partial charge < -0.3 is 19.3 Å². The van der Waals surface area contributed by atoms with Crippen molar-refractivity contribution in [2.24, 2.45) is 0 Å². The lowest BCUT2D eigenvalue weighted by molar-refractivity contribution is -0.134. The minimum absolute atomic E-state index is 0.251. The molecule has 1 amide bonds. The molecule has 7 nitrogen and oxygen atoms in total. The molecule has 1 aliphatic carbocycles. The van der Waals surface area contributed by atoms with E-state index < -0.39 is 0 Å². The second-order valence-electron chi connectivity index (χ2n) is 8.88. The van der Waals surface area contributed by atoms with Crippen molar-refractivity contribution in [1.29, 1.82) is 0 Å². The number of thioether (sulfide) groups is 1. The van der Waals surface area contributed by atoms with E-state index in [9.17, 15) is 4.79 Å². The van der Waals surface area contributed by atoms with Gasteiger partial charge in [-0.15, -0.1) is 11.8 Å². The summed E-state index contributed by atoms with van der Waals surface area (Å²) in [6, 6.07) is 16.4. The van der Waals surface area contributed by atoms with Crippen molar-refractivity contribution in [3.63, 3.8) is 0 Å². The SMILES string of the molecule is O=C(N1CCN(c2ccc(SCc3ncccn3)cc2)CC1)C1(c2ccc3c(c2)OCO3)CC1. The highest BCUT2D eigenvalue weighted by Gasteiger charge is 2.53. The number of amides is 1. The maximum absolute atomic E-state index is 13.5. The number of benzene rings is 2. The summed E-state index contributed by atoms with van der Waals surface area (Å²) in [5.41, 5.74) is 1.87. The van der Waals surface area contributed by atoms with Crippen LogP contribution in [0.4, 0.5) is 5.69 Å². The largest absolute Gasteiger partial charge is 0.454 e. The Morgan fingerprint density at radius 3 is 2.41 bits per heavy atom. The van der Waals surface area contributed by atoms with E-state index in [4.69, 9.17) is 9.47 Å². The number of carbonyl (C=O) groups is 1. The number of ether oxygens (including phenoxy) is 2. The van der Waals surface area contributed by atoms with E-state index in [-0.39, 0.29) is 18.1 Å². The van der Waals surface area contributed by atoms with Gasteiger partial charge in [0.25, 0.3) is 0 Å². The van der Waals surface area contributed by atoms with Crippen molar-refractivity contribution in [2.45, 2.75) is 28.9 Å². The van der Waals surface area contributed by atoms with Crippen LogP contribution < -0.4 is 14.4 Å². The summed E-state index contributed by atoms with van der Waals surface area (Å²) in [6.45, 7) is 3.42. The highest BCUT2D eigenvalue weighted by Crippen LogP contribution is 2.51. The highest BCUT2D eigenvalue weighted by molar-refractivity contribution is 7.98. The lowest BCUT2D eigenvalue weighted by Gasteiger charge is -2.38. The quantitative estimate of drug-likeness (QED) is 0.502. The first kappa shape index (κ1) is 21.3. The summed E-state index contributed by atoms with van der Waals surface area (Å²) in [6.07, 6.45) is 5.35. The number of nitrogens with zero attached hydrogens (tertiary/aromatic N) is 4. The highest BCUT2D eigenvalue weighted by atomic mass is 32.2. The second-order valence-corrected chi connectivity index (χ2v) is 9.93. The van der Waals surface area contributed by atoms with Gasteiger partial charge in [0, 0.05) is 49.2 Å². The van der Waals surface area contributed by atoms with E-state index in [2.05, 4.69) is 39.1 Å². The van der Waals surface area contributed by atoms with E-state index in [0.29, 0.717) is 0 Å². The van der Waals surface area contributed by atoms with Crippen LogP contribution in [-0.2, 0) is 16.0 Å². The van der Waals surface area contributed by atoms with Crippen molar-refractivity contribution < 1.29 is 14.3 Å². The fraction of sp³-hybridized carbons (Fsp3) is 0.346. The molecule has 3 aliphatic rings. The Balaban J connectivity index is 1.05. The Morgan fingerprint density at radius 2 is 1.68 bits per heavy atom. The van der Waals surface area contributed by atoms with Crippen molar-refractivity contribution in [3.8, 4) is 11.5 Å². The molecule has 3 heterocycles. The Labute approximate surface area is 203 Å². The fourth-order valence-corrected chi connectivity index (χ4v) is 5.49. The van der Waals surface area contributed by atoms with Gasteiger partial charge in [-0.2, -0.15) is 0 Å². The number of aromatic nitrogens is 2. The first-order chi connectivity index (χ1) is 16.7. The summed E-state index contributed by atoms with van der Waals surface area (Å²) < 4.78 is 11.0. The summed E-state index contributed by atoms with van der Waals surface area (Å²) >= 11 is 1.73. The van der Waals surface area contributed by atoms with Crippen molar-refractivity contribution in [1.82, 2.24) is 14.9 Å². The zero-order valence-electron chi connectivity index (χ0n) is 18.9. The number of fused-ring (bicyclic) bond motifs is 1. The summed E-state index contributed by atoms with van der Waals surface area (Å²) in [4.78, 5) is 27.6. The van der Waals surface area contributed by atoms with Crippen LogP contribution >= 0.6 is 11.8 Å². The molecule has 0 bridgehead atoms. The molecule has 0 radical (unpaired) electrons. The first-order valence-electron chi connectivity index (χ1n) is 11.6. The molecule has 0 N–H and O–H groups in total. The monoisotopic (exact) mass is 474 g/mol. The molecule has 0 spiro atoms. The maximum atomic E-state index is 13.5. The second kappa shape index (κ2) is 8.83. The van der Waals surface area contributed by atoms with Gasteiger partial charge in [-0.25, -0.2) is 9.97 Å². The van der Waals surface area contributed by atoms with Gasteiger partial charge in [-0.05, 0) is 60.9 Å². The van der Waals surface area contributed by atoms with Gasteiger partial charge in [0.2, 0.25) is 12.7 Å². The molecule has 174 valence electrons. The topological polar surface area (TPSA) is 67.8 Å². The van der Waals surface area contributed by atoms with Crippen LogP contribution in [0, 0.1) is 0 Å². The molecule has 0 atom stereocenters. The van der Waals surface area contributed by atoms with Crippen molar-refractivity contribution in [2.75, 3.05) is 37.9 Å². The minimum Gasteiger partial charge on any atom is -0.454 e. The van der Waals surface area contributed by atoms with Crippen LogP contribution in [0.25, 0.3) is 0 Å². The number of anilines is 1. The summed E-state index contributed by atoms with van der Waals surface area (Å²) in [5.74, 6) is 3.36. The minimum atomic E-state index is -0.384. The molecule has 0 unspecified atom stereocenters. The zero-order chi connectivity index (χ0) is 23.0. The van der Waals surface area contributed by atoms with Gasteiger partial charge >= 0.3 is 0 Å². The van der Waals surface area contributed by atoms with Crippen LogP contribution in [-0.4, -0.2) is 53.7 Å². The number of hydrogen-bond donors (Lipinski definition) is 0. The van der Waals surface area contributed by atoms with Crippen molar-refractivity contribution >= 4 is 23.4 Å². The van der Waals surface area contributed by atoms with Gasteiger partial charge in [0.05, 0.1) is 11.2 Å². The normalized spacial score (nSPS) is 18.1.